The number of sulfonamides is 1. The summed E-state index contributed by atoms with van der Waals surface area (Å²) in [5.74, 6) is -0.00798. The predicted molar refractivity (Wildman–Crippen MR) is 83.9 cm³/mol. The average Bonchev–Trinajstić information content (AvgIpc) is 2.48. The van der Waals surface area contributed by atoms with Gasteiger partial charge < -0.3 is 5.73 Å². The summed E-state index contributed by atoms with van der Waals surface area (Å²) in [6.07, 6.45) is 4.73. The van der Waals surface area contributed by atoms with E-state index in [1.165, 1.54) is 16.6 Å². The summed E-state index contributed by atoms with van der Waals surface area (Å²) in [5.41, 5.74) is 6.57. The summed E-state index contributed by atoms with van der Waals surface area (Å²) in [4.78, 5) is 7.81. The molecule has 0 fully saturated rings. The van der Waals surface area contributed by atoms with Crippen molar-refractivity contribution < 1.29 is 8.42 Å². The fourth-order valence-corrected chi connectivity index (χ4v) is 3.85. The van der Waals surface area contributed by atoms with E-state index in [9.17, 15) is 8.42 Å². The number of nitrogens with two attached hydrogens (primary N) is 1. The van der Waals surface area contributed by atoms with E-state index in [1.807, 2.05) is 0 Å². The first-order valence-electron chi connectivity index (χ1n) is 6.25. The number of aromatic nitrogens is 2. The normalized spacial score (nSPS) is 11.8. The molecule has 0 aliphatic carbocycles. The third-order valence-electron chi connectivity index (χ3n) is 2.93. The van der Waals surface area contributed by atoms with Gasteiger partial charge in [0.25, 0.3) is 0 Å². The van der Waals surface area contributed by atoms with Crippen molar-refractivity contribution in [2.24, 2.45) is 0 Å². The van der Waals surface area contributed by atoms with Gasteiger partial charge in [-0.15, -0.1) is 0 Å². The summed E-state index contributed by atoms with van der Waals surface area (Å²) in [6.45, 7) is 2.37. The molecule has 112 valence electrons. The third kappa shape index (κ3) is 3.58. The minimum absolute atomic E-state index is 0.00720. The van der Waals surface area contributed by atoms with Crippen molar-refractivity contribution in [3.63, 3.8) is 0 Å². The van der Waals surface area contributed by atoms with Crippen LogP contribution in [0.5, 0.6) is 0 Å². The number of nitrogens with zero attached hydrogens (tertiary/aromatic N) is 3. The quantitative estimate of drug-likeness (QED) is 0.869. The number of pyridine rings is 2. The zero-order valence-electron chi connectivity index (χ0n) is 11.4. The standard InChI is InChI=1S/C13H15BrN4O2S/c1-2-18(9-10-3-5-16-6-4-10)21(19,20)12-7-11(14)8-17-13(12)15/h3-8H,2,9H2,1H3,(H2,15,17). The SMILES string of the molecule is CCN(Cc1ccncc1)S(=O)(=O)c1cc(Br)cnc1N. The highest BCUT2D eigenvalue weighted by Gasteiger charge is 2.26. The molecule has 0 atom stereocenters. The number of rotatable bonds is 5. The fourth-order valence-electron chi connectivity index (χ4n) is 1.84. The second-order valence-electron chi connectivity index (χ2n) is 4.32. The zero-order chi connectivity index (χ0) is 15.5. The van der Waals surface area contributed by atoms with E-state index in [-0.39, 0.29) is 17.3 Å². The molecule has 2 aromatic heterocycles. The molecule has 6 nitrogen and oxygen atoms in total. The lowest BCUT2D eigenvalue weighted by Gasteiger charge is -2.21. The van der Waals surface area contributed by atoms with Gasteiger partial charge >= 0.3 is 0 Å². The monoisotopic (exact) mass is 370 g/mol. The fraction of sp³-hybridized carbons (Fsp3) is 0.231. The Labute approximate surface area is 132 Å². The molecule has 0 aliphatic rings. The van der Waals surface area contributed by atoms with E-state index in [4.69, 9.17) is 5.73 Å². The van der Waals surface area contributed by atoms with E-state index in [0.717, 1.165) is 5.56 Å². The van der Waals surface area contributed by atoms with Crippen molar-refractivity contribution in [1.82, 2.24) is 14.3 Å². The summed E-state index contributed by atoms with van der Waals surface area (Å²) in [6, 6.07) is 5.02. The Kier molecular flexibility index (Phi) is 4.92. The Morgan fingerprint density at radius 3 is 2.62 bits per heavy atom. The lowest BCUT2D eigenvalue weighted by molar-refractivity contribution is 0.423. The maximum atomic E-state index is 12.7. The average molecular weight is 371 g/mol. The van der Waals surface area contributed by atoms with Gasteiger partial charge in [-0.2, -0.15) is 4.31 Å². The second kappa shape index (κ2) is 6.50. The van der Waals surface area contributed by atoms with Crippen molar-refractivity contribution in [2.75, 3.05) is 12.3 Å². The van der Waals surface area contributed by atoms with E-state index in [2.05, 4.69) is 25.9 Å². The van der Waals surface area contributed by atoms with Gasteiger partial charge in [0.15, 0.2) is 0 Å². The Bertz CT molecular complexity index is 722. The molecule has 2 rings (SSSR count). The van der Waals surface area contributed by atoms with Crippen LogP contribution in [-0.2, 0) is 16.6 Å². The van der Waals surface area contributed by atoms with Crippen LogP contribution in [0, 0.1) is 0 Å². The molecule has 0 radical (unpaired) electrons. The van der Waals surface area contributed by atoms with Crippen molar-refractivity contribution in [3.8, 4) is 0 Å². The van der Waals surface area contributed by atoms with E-state index in [0.29, 0.717) is 11.0 Å². The molecule has 0 bridgehead atoms. The molecule has 0 unspecified atom stereocenters. The number of halogens is 1. The molecule has 0 saturated carbocycles. The van der Waals surface area contributed by atoms with Gasteiger partial charge in [0.05, 0.1) is 0 Å². The highest BCUT2D eigenvalue weighted by molar-refractivity contribution is 9.10. The maximum Gasteiger partial charge on any atom is 0.247 e. The van der Waals surface area contributed by atoms with Gasteiger partial charge in [-0.1, -0.05) is 6.92 Å². The first-order valence-corrected chi connectivity index (χ1v) is 8.48. The molecule has 0 spiro atoms. The molecule has 2 aromatic rings. The van der Waals surface area contributed by atoms with Crippen LogP contribution in [0.25, 0.3) is 0 Å². The molecule has 0 aliphatic heterocycles. The van der Waals surface area contributed by atoms with Crippen LogP contribution in [0.3, 0.4) is 0 Å². The van der Waals surface area contributed by atoms with Gasteiger partial charge in [-0.25, -0.2) is 13.4 Å². The minimum atomic E-state index is -3.71. The summed E-state index contributed by atoms with van der Waals surface area (Å²) < 4.78 is 27.3. The smallest absolute Gasteiger partial charge is 0.247 e. The van der Waals surface area contributed by atoms with Gasteiger partial charge in [0, 0.05) is 36.2 Å². The predicted octanol–water partition coefficient (Wildman–Crippen LogP) is 2.03. The van der Waals surface area contributed by atoms with Gasteiger partial charge in [0.1, 0.15) is 10.7 Å². The molecule has 8 heteroatoms. The molecule has 2 N–H and O–H groups in total. The second-order valence-corrected chi connectivity index (χ2v) is 7.15. The lowest BCUT2D eigenvalue weighted by atomic mass is 10.3. The summed E-state index contributed by atoms with van der Waals surface area (Å²) >= 11 is 3.22. The van der Waals surface area contributed by atoms with E-state index in [1.54, 1.807) is 31.5 Å². The van der Waals surface area contributed by atoms with Crippen LogP contribution in [0.2, 0.25) is 0 Å². The van der Waals surface area contributed by atoms with Gasteiger partial charge in [-0.05, 0) is 39.7 Å². The van der Waals surface area contributed by atoms with Gasteiger partial charge in [0.2, 0.25) is 10.0 Å². The summed E-state index contributed by atoms with van der Waals surface area (Å²) in [5, 5.41) is 0. The van der Waals surface area contributed by atoms with E-state index >= 15 is 0 Å². The lowest BCUT2D eigenvalue weighted by Crippen LogP contribution is -2.31. The number of nitrogen functional groups attached to an aromatic ring is 1. The van der Waals surface area contributed by atoms with Crippen molar-refractivity contribution >= 4 is 31.8 Å². The Balaban J connectivity index is 2.38. The first-order chi connectivity index (χ1) is 9.95. The van der Waals surface area contributed by atoms with E-state index < -0.39 is 10.0 Å². The topological polar surface area (TPSA) is 89.2 Å². The van der Waals surface area contributed by atoms with Crippen LogP contribution in [0.1, 0.15) is 12.5 Å². The maximum absolute atomic E-state index is 12.7. The third-order valence-corrected chi connectivity index (χ3v) is 5.31. The van der Waals surface area contributed by atoms with Crippen molar-refractivity contribution in [3.05, 3.63) is 46.8 Å². The Morgan fingerprint density at radius 2 is 2.00 bits per heavy atom. The number of hydrogen-bond donors (Lipinski definition) is 1. The highest BCUT2D eigenvalue weighted by atomic mass is 79.9. The Hall–Kier alpha value is -1.51. The van der Waals surface area contributed by atoms with Crippen molar-refractivity contribution in [1.29, 1.82) is 0 Å². The largest absolute Gasteiger partial charge is 0.383 e. The van der Waals surface area contributed by atoms with Crippen LogP contribution < -0.4 is 5.73 Å². The number of anilines is 1. The van der Waals surface area contributed by atoms with Crippen LogP contribution in [-0.4, -0.2) is 29.2 Å². The first kappa shape index (κ1) is 15.9. The van der Waals surface area contributed by atoms with Gasteiger partial charge in [-0.3, -0.25) is 4.98 Å². The molecule has 0 saturated heterocycles. The molecule has 0 aromatic carbocycles. The molecular weight excluding hydrogens is 356 g/mol. The molecule has 21 heavy (non-hydrogen) atoms. The van der Waals surface area contributed by atoms with Crippen LogP contribution in [0.15, 0.2) is 46.2 Å². The minimum Gasteiger partial charge on any atom is -0.383 e. The highest BCUT2D eigenvalue weighted by Crippen LogP contribution is 2.25. The molecular formula is C13H15BrN4O2S. The zero-order valence-corrected chi connectivity index (χ0v) is 13.8. The van der Waals surface area contributed by atoms with Crippen LogP contribution >= 0.6 is 15.9 Å². The summed E-state index contributed by atoms with van der Waals surface area (Å²) in [7, 11) is -3.71. The van der Waals surface area contributed by atoms with Crippen LogP contribution in [0.4, 0.5) is 5.82 Å². The number of hydrogen-bond acceptors (Lipinski definition) is 5. The van der Waals surface area contributed by atoms with Crippen molar-refractivity contribution in [2.45, 2.75) is 18.4 Å². The molecule has 2 heterocycles. The molecule has 0 amide bonds. The Morgan fingerprint density at radius 1 is 1.33 bits per heavy atom.